The van der Waals surface area contributed by atoms with Gasteiger partial charge in [-0.25, -0.2) is 4.98 Å². The van der Waals surface area contributed by atoms with Gasteiger partial charge in [-0.2, -0.15) is 0 Å². The summed E-state index contributed by atoms with van der Waals surface area (Å²) >= 11 is 9.06. The number of aldehydes is 1. The molecule has 0 saturated carbocycles. The van der Waals surface area contributed by atoms with E-state index in [1.54, 1.807) is 12.1 Å². The van der Waals surface area contributed by atoms with E-state index in [4.69, 9.17) is 11.6 Å². The molecule has 70 valence electrons. The van der Waals surface area contributed by atoms with Crippen LogP contribution in [0.15, 0.2) is 16.6 Å². The van der Waals surface area contributed by atoms with E-state index in [1.165, 1.54) is 0 Å². The molecule has 0 aromatic carbocycles. The van der Waals surface area contributed by atoms with Gasteiger partial charge < -0.3 is 4.79 Å². The highest BCUT2D eigenvalue weighted by atomic mass is 79.9. The van der Waals surface area contributed by atoms with Crippen molar-refractivity contribution < 1.29 is 4.79 Å². The predicted molar refractivity (Wildman–Crippen MR) is 56.0 cm³/mol. The Bertz CT molecular complexity index is 316. The molecule has 0 saturated heterocycles. The van der Waals surface area contributed by atoms with Crippen molar-refractivity contribution in [3.63, 3.8) is 0 Å². The molecular formula is C9H9BrClNO. The summed E-state index contributed by atoms with van der Waals surface area (Å²) < 4.78 is 0.829. The molecule has 1 rings (SSSR count). The minimum atomic E-state index is -0.173. The molecule has 0 spiro atoms. The van der Waals surface area contributed by atoms with Crippen LogP contribution in [0.2, 0.25) is 5.15 Å². The van der Waals surface area contributed by atoms with Gasteiger partial charge >= 0.3 is 0 Å². The molecule has 0 N–H and O–H groups in total. The number of hydrogen-bond donors (Lipinski definition) is 0. The second-order valence-corrected chi connectivity index (χ2v) is 3.89. The van der Waals surface area contributed by atoms with Crippen molar-refractivity contribution in [1.29, 1.82) is 0 Å². The topological polar surface area (TPSA) is 30.0 Å². The van der Waals surface area contributed by atoms with Crippen molar-refractivity contribution >= 4 is 33.8 Å². The van der Waals surface area contributed by atoms with E-state index < -0.39 is 0 Å². The first-order chi connectivity index (χ1) is 6.19. The average Bonchev–Trinajstić information content (AvgIpc) is 2.13. The fraction of sp³-hybridized carbons (Fsp3) is 0.333. The molecular weight excluding hydrogens is 253 g/mol. The van der Waals surface area contributed by atoms with Crippen molar-refractivity contribution in [2.24, 2.45) is 0 Å². The van der Waals surface area contributed by atoms with Gasteiger partial charge in [0.1, 0.15) is 11.4 Å². The molecule has 0 amide bonds. The molecule has 1 aromatic heterocycles. The molecule has 0 aliphatic heterocycles. The first kappa shape index (κ1) is 10.7. The monoisotopic (exact) mass is 261 g/mol. The normalized spacial score (nSPS) is 12.5. The van der Waals surface area contributed by atoms with Gasteiger partial charge in [-0.3, -0.25) is 0 Å². The summed E-state index contributed by atoms with van der Waals surface area (Å²) in [6.45, 7) is 1.94. The first-order valence-electron chi connectivity index (χ1n) is 3.96. The Balaban J connectivity index is 3.10. The van der Waals surface area contributed by atoms with Gasteiger partial charge in [0.15, 0.2) is 0 Å². The van der Waals surface area contributed by atoms with E-state index >= 15 is 0 Å². The summed E-state index contributed by atoms with van der Waals surface area (Å²) in [5.74, 6) is -0.173. The summed E-state index contributed by atoms with van der Waals surface area (Å²) in [5.41, 5.74) is 0.713. The number of pyridine rings is 1. The second-order valence-electron chi connectivity index (χ2n) is 2.65. The predicted octanol–water partition coefficient (Wildman–Crippen LogP) is 3.19. The number of nitrogens with zero attached hydrogens (tertiary/aromatic N) is 1. The molecule has 0 radical (unpaired) electrons. The fourth-order valence-corrected chi connectivity index (χ4v) is 1.72. The minimum absolute atomic E-state index is 0.173. The van der Waals surface area contributed by atoms with Crippen LogP contribution in [0.5, 0.6) is 0 Å². The third kappa shape index (κ3) is 2.51. The molecule has 0 fully saturated rings. The molecule has 13 heavy (non-hydrogen) atoms. The number of hydrogen-bond acceptors (Lipinski definition) is 2. The van der Waals surface area contributed by atoms with Crippen molar-refractivity contribution in [1.82, 2.24) is 4.98 Å². The van der Waals surface area contributed by atoms with Gasteiger partial charge in [0, 0.05) is 4.47 Å². The van der Waals surface area contributed by atoms with Crippen LogP contribution >= 0.6 is 27.5 Å². The van der Waals surface area contributed by atoms with E-state index in [2.05, 4.69) is 20.9 Å². The highest BCUT2D eigenvalue weighted by molar-refractivity contribution is 9.10. The molecule has 0 bridgehead atoms. The van der Waals surface area contributed by atoms with Crippen LogP contribution in [0.25, 0.3) is 0 Å². The smallest absolute Gasteiger partial charge is 0.129 e. The van der Waals surface area contributed by atoms with Crippen LogP contribution in [0, 0.1) is 0 Å². The Morgan fingerprint density at radius 3 is 2.92 bits per heavy atom. The van der Waals surface area contributed by atoms with Crippen LogP contribution in [0.1, 0.15) is 25.0 Å². The summed E-state index contributed by atoms with van der Waals surface area (Å²) in [5, 5.41) is 0.415. The van der Waals surface area contributed by atoms with E-state index in [-0.39, 0.29) is 5.92 Å². The van der Waals surface area contributed by atoms with Crippen molar-refractivity contribution in [3.8, 4) is 0 Å². The van der Waals surface area contributed by atoms with Crippen LogP contribution in [0.4, 0.5) is 0 Å². The highest BCUT2D eigenvalue weighted by Crippen LogP contribution is 2.25. The van der Waals surface area contributed by atoms with Gasteiger partial charge in [0.2, 0.25) is 0 Å². The van der Waals surface area contributed by atoms with Gasteiger partial charge in [0.05, 0.1) is 11.6 Å². The maximum atomic E-state index is 10.7. The lowest BCUT2D eigenvalue weighted by Crippen LogP contribution is -2.02. The summed E-state index contributed by atoms with van der Waals surface area (Å²) in [7, 11) is 0. The third-order valence-corrected chi connectivity index (χ3v) is 2.68. The Hall–Kier alpha value is -0.410. The van der Waals surface area contributed by atoms with Gasteiger partial charge in [0.25, 0.3) is 0 Å². The van der Waals surface area contributed by atoms with E-state index in [9.17, 15) is 4.79 Å². The zero-order valence-electron chi connectivity index (χ0n) is 7.13. The van der Waals surface area contributed by atoms with Gasteiger partial charge in [-0.05, 0) is 34.5 Å². The lowest BCUT2D eigenvalue weighted by atomic mass is 10.0. The third-order valence-electron chi connectivity index (χ3n) is 1.79. The van der Waals surface area contributed by atoms with Crippen LogP contribution in [0.3, 0.4) is 0 Å². The SMILES string of the molecule is CCC(C=O)c1nc(Cl)ccc1Br. The van der Waals surface area contributed by atoms with Crippen LogP contribution in [-0.4, -0.2) is 11.3 Å². The number of carbonyl (C=O) groups is 1. The number of aromatic nitrogens is 1. The zero-order valence-corrected chi connectivity index (χ0v) is 9.47. The maximum Gasteiger partial charge on any atom is 0.129 e. The molecule has 1 atom stereocenters. The van der Waals surface area contributed by atoms with E-state index in [1.807, 2.05) is 6.92 Å². The molecule has 4 heteroatoms. The molecule has 1 unspecified atom stereocenters. The molecule has 1 heterocycles. The largest absolute Gasteiger partial charge is 0.303 e. The van der Waals surface area contributed by atoms with Gasteiger partial charge in [-0.15, -0.1) is 0 Å². The number of rotatable bonds is 3. The first-order valence-corrected chi connectivity index (χ1v) is 5.13. The Labute approximate surface area is 90.4 Å². The van der Waals surface area contributed by atoms with E-state index in [0.29, 0.717) is 10.8 Å². The Morgan fingerprint density at radius 1 is 1.69 bits per heavy atom. The second kappa shape index (κ2) is 4.72. The summed E-state index contributed by atoms with van der Waals surface area (Å²) in [4.78, 5) is 14.8. The Kier molecular flexibility index (Phi) is 3.88. The minimum Gasteiger partial charge on any atom is -0.303 e. The summed E-state index contributed by atoms with van der Waals surface area (Å²) in [6, 6.07) is 3.49. The lowest BCUT2D eigenvalue weighted by molar-refractivity contribution is -0.109. The molecule has 0 aliphatic carbocycles. The number of carbonyl (C=O) groups excluding carboxylic acids is 1. The van der Waals surface area contributed by atoms with Crippen molar-refractivity contribution in [2.75, 3.05) is 0 Å². The van der Waals surface area contributed by atoms with Crippen molar-refractivity contribution in [2.45, 2.75) is 19.3 Å². The van der Waals surface area contributed by atoms with Crippen LogP contribution < -0.4 is 0 Å². The van der Waals surface area contributed by atoms with E-state index in [0.717, 1.165) is 17.2 Å². The van der Waals surface area contributed by atoms with Crippen LogP contribution in [-0.2, 0) is 4.79 Å². The molecule has 2 nitrogen and oxygen atoms in total. The lowest BCUT2D eigenvalue weighted by Gasteiger charge is -2.08. The standard InChI is InChI=1S/C9H9BrClNO/c1-2-6(5-13)9-7(10)3-4-8(11)12-9/h3-6H,2H2,1H3. The average molecular weight is 263 g/mol. The van der Waals surface area contributed by atoms with Crippen molar-refractivity contribution in [3.05, 3.63) is 27.5 Å². The Morgan fingerprint density at radius 2 is 2.38 bits per heavy atom. The molecule has 1 aromatic rings. The molecule has 0 aliphatic rings. The maximum absolute atomic E-state index is 10.7. The highest BCUT2D eigenvalue weighted by Gasteiger charge is 2.13. The quantitative estimate of drug-likeness (QED) is 0.618. The number of halogens is 2. The fourth-order valence-electron chi connectivity index (χ4n) is 1.05. The van der Waals surface area contributed by atoms with Gasteiger partial charge in [-0.1, -0.05) is 18.5 Å². The zero-order chi connectivity index (χ0) is 9.84. The summed E-state index contributed by atoms with van der Waals surface area (Å²) in [6.07, 6.45) is 1.62.